The number of benzene rings is 1. The van der Waals surface area contributed by atoms with Crippen molar-refractivity contribution >= 4 is 10.0 Å². The number of aromatic amines is 1. The van der Waals surface area contributed by atoms with E-state index in [4.69, 9.17) is 5.26 Å². The van der Waals surface area contributed by atoms with Gasteiger partial charge in [0.25, 0.3) is 0 Å². The van der Waals surface area contributed by atoms with Gasteiger partial charge in [0.1, 0.15) is 0 Å². The molecular formula is C12H12N4O2S. The number of sulfonamides is 1. The van der Waals surface area contributed by atoms with Crippen LogP contribution in [0.1, 0.15) is 16.8 Å². The van der Waals surface area contributed by atoms with E-state index in [-0.39, 0.29) is 12.3 Å². The van der Waals surface area contributed by atoms with Gasteiger partial charge in [0.2, 0.25) is 10.0 Å². The summed E-state index contributed by atoms with van der Waals surface area (Å²) in [6.45, 7) is 0.167. The molecule has 2 rings (SSSR count). The zero-order valence-electron chi connectivity index (χ0n) is 10.00. The van der Waals surface area contributed by atoms with Crippen molar-refractivity contribution in [1.82, 2.24) is 14.9 Å². The van der Waals surface area contributed by atoms with Gasteiger partial charge in [-0.05, 0) is 23.8 Å². The molecule has 19 heavy (non-hydrogen) atoms. The molecule has 0 spiro atoms. The lowest BCUT2D eigenvalue weighted by Crippen LogP contribution is -2.24. The molecule has 0 bridgehead atoms. The molecule has 0 atom stereocenters. The summed E-state index contributed by atoms with van der Waals surface area (Å²) in [6.07, 6.45) is 1.56. The lowest BCUT2D eigenvalue weighted by Gasteiger charge is -2.05. The maximum atomic E-state index is 11.9. The molecule has 0 saturated carbocycles. The molecule has 0 unspecified atom stereocenters. The Balaban J connectivity index is 2.02. The number of H-pyrrole nitrogens is 1. The van der Waals surface area contributed by atoms with E-state index in [0.29, 0.717) is 16.8 Å². The van der Waals surface area contributed by atoms with E-state index in [0.717, 1.165) is 0 Å². The number of aromatic nitrogens is 2. The van der Waals surface area contributed by atoms with Crippen molar-refractivity contribution < 1.29 is 8.42 Å². The van der Waals surface area contributed by atoms with Gasteiger partial charge in [-0.1, -0.05) is 12.1 Å². The minimum atomic E-state index is -3.44. The second-order valence-corrected chi connectivity index (χ2v) is 5.78. The summed E-state index contributed by atoms with van der Waals surface area (Å²) < 4.78 is 26.2. The molecule has 7 heteroatoms. The number of rotatable bonds is 5. The van der Waals surface area contributed by atoms with E-state index >= 15 is 0 Å². The number of hydrogen-bond acceptors (Lipinski definition) is 4. The van der Waals surface area contributed by atoms with Crippen LogP contribution in [0.5, 0.6) is 0 Å². The predicted molar refractivity (Wildman–Crippen MR) is 69.2 cm³/mol. The molecule has 1 heterocycles. The molecular weight excluding hydrogens is 264 g/mol. The molecule has 1 aromatic heterocycles. The first kappa shape index (κ1) is 13.3. The van der Waals surface area contributed by atoms with Gasteiger partial charge in [0, 0.05) is 6.20 Å². The Morgan fingerprint density at radius 3 is 2.89 bits per heavy atom. The third-order valence-electron chi connectivity index (χ3n) is 2.45. The fourth-order valence-corrected chi connectivity index (χ4v) is 2.67. The number of nitrogens with zero attached hydrogens (tertiary/aromatic N) is 2. The fraction of sp³-hybridized carbons (Fsp3) is 0.167. The van der Waals surface area contributed by atoms with Crippen molar-refractivity contribution in [2.24, 2.45) is 0 Å². The summed E-state index contributed by atoms with van der Waals surface area (Å²) in [7, 11) is -3.44. The quantitative estimate of drug-likeness (QED) is 0.847. The fourth-order valence-electron chi connectivity index (χ4n) is 1.57. The van der Waals surface area contributed by atoms with Crippen LogP contribution in [-0.4, -0.2) is 18.6 Å². The van der Waals surface area contributed by atoms with Gasteiger partial charge in [-0.2, -0.15) is 10.4 Å². The van der Waals surface area contributed by atoms with Crippen LogP contribution < -0.4 is 4.72 Å². The Morgan fingerprint density at radius 2 is 2.21 bits per heavy atom. The van der Waals surface area contributed by atoms with Crippen LogP contribution in [0.2, 0.25) is 0 Å². The summed E-state index contributed by atoms with van der Waals surface area (Å²) in [5.41, 5.74) is 1.71. The molecule has 2 N–H and O–H groups in total. The van der Waals surface area contributed by atoms with Gasteiger partial charge in [-0.25, -0.2) is 13.1 Å². The molecule has 0 aliphatic rings. The van der Waals surface area contributed by atoms with Crippen LogP contribution in [0.25, 0.3) is 0 Å². The lowest BCUT2D eigenvalue weighted by molar-refractivity contribution is 0.579. The summed E-state index contributed by atoms with van der Waals surface area (Å²) >= 11 is 0. The van der Waals surface area contributed by atoms with Crippen molar-refractivity contribution in [1.29, 1.82) is 5.26 Å². The summed E-state index contributed by atoms with van der Waals surface area (Å²) in [4.78, 5) is 0. The monoisotopic (exact) mass is 276 g/mol. The highest BCUT2D eigenvalue weighted by molar-refractivity contribution is 7.88. The van der Waals surface area contributed by atoms with E-state index in [1.807, 2.05) is 6.07 Å². The summed E-state index contributed by atoms with van der Waals surface area (Å²) in [6, 6.07) is 10.2. The van der Waals surface area contributed by atoms with Crippen molar-refractivity contribution in [2.75, 3.05) is 0 Å². The summed E-state index contributed by atoms with van der Waals surface area (Å²) in [5.74, 6) is -0.156. The predicted octanol–water partition coefficient (Wildman–Crippen LogP) is 0.901. The van der Waals surface area contributed by atoms with Crippen LogP contribution in [0.15, 0.2) is 36.5 Å². The Labute approximate surface area is 111 Å². The zero-order chi connectivity index (χ0) is 13.7. The number of nitriles is 1. The van der Waals surface area contributed by atoms with Gasteiger partial charge in [0.15, 0.2) is 0 Å². The maximum absolute atomic E-state index is 11.9. The molecule has 0 radical (unpaired) electrons. The van der Waals surface area contributed by atoms with Crippen molar-refractivity contribution in [3.8, 4) is 6.07 Å². The van der Waals surface area contributed by atoms with Crippen molar-refractivity contribution in [3.63, 3.8) is 0 Å². The first-order valence-corrected chi connectivity index (χ1v) is 7.19. The van der Waals surface area contributed by atoms with Crippen molar-refractivity contribution in [2.45, 2.75) is 12.3 Å². The third kappa shape index (κ3) is 3.91. The summed E-state index contributed by atoms with van der Waals surface area (Å²) in [5, 5.41) is 15.2. The molecule has 0 saturated heterocycles. The van der Waals surface area contributed by atoms with E-state index in [1.165, 1.54) is 0 Å². The largest absolute Gasteiger partial charge is 0.281 e. The van der Waals surface area contributed by atoms with Gasteiger partial charge in [-0.3, -0.25) is 5.10 Å². The molecule has 0 fully saturated rings. The topological polar surface area (TPSA) is 98.6 Å². The molecule has 6 nitrogen and oxygen atoms in total. The molecule has 1 aromatic carbocycles. The standard InChI is InChI=1S/C12H12N4O2S/c13-7-10-2-1-3-11(6-10)9-19(17,18)15-8-12-4-5-14-16-12/h1-6,15H,8-9H2,(H,14,16). The SMILES string of the molecule is N#Cc1cccc(CS(=O)(=O)NCc2ccn[nH]2)c1. The smallest absolute Gasteiger partial charge is 0.216 e. The Kier molecular flexibility index (Phi) is 3.94. The molecule has 0 aliphatic heterocycles. The second kappa shape index (κ2) is 5.65. The second-order valence-electron chi connectivity index (χ2n) is 3.97. The average molecular weight is 276 g/mol. The van der Waals surface area contributed by atoms with E-state index in [1.54, 1.807) is 36.5 Å². The van der Waals surface area contributed by atoms with E-state index < -0.39 is 10.0 Å². The lowest BCUT2D eigenvalue weighted by atomic mass is 10.2. The van der Waals surface area contributed by atoms with Crippen LogP contribution in [0.4, 0.5) is 0 Å². The third-order valence-corrected chi connectivity index (χ3v) is 3.75. The normalized spacial score (nSPS) is 11.1. The first-order valence-electron chi connectivity index (χ1n) is 5.54. The van der Waals surface area contributed by atoms with E-state index in [2.05, 4.69) is 14.9 Å². The highest BCUT2D eigenvalue weighted by atomic mass is 32.2. The average Bonchev–Trinajstić information content (AvgIpc) is 2.89. The van der Waals surface area contributed by atoms with Crippen LogP contribution in [0, 0.1) is 11.3 Å². The molecule has 0 aliphatic carbocycles. The van der Waals surface area contributed by atoms with Crippen LogP contribution in [-0.2, 0) is 22.3 Å². The Hall–Kier alpha value is -2.17. The molecule has 2 aromatic rings. The highest BCUT2D eigenvalue weighted by Gasteiger charge is 2.11. The van der Waals surface area contributed by atoms with Crippen LogP contribution in [0.3, 0.4) is 0 Å². The van der Waals surface area contributed by atoms with Gasteiger partial charge in [0.05, 0.1) is 29.6 Å². The molecule has 0 amide bonds. The number of nitrogens with one attached hydrogen (secondary N) is 2. The minimum absolute atomic E-state index is 0.156. The number of hydrogen-bond donors (Lipinski definition) is 2. The van der Waals surface area contributed by atoms with Gasteiger partial charge < -0.3 is 0 Å². The van der Waals surface area contributed by atoms with Crippen LogP contribution >= 0.6 is 0 Å². The zero-order valence-corrected chi connectivity index (χ0v) is 10.8. The van der Waals surface area contributed by atoms with E-state index in [9.17, 15) is 8.42 Å². The Bertz CT molecular complexity index is 687. The van der Waals surface area contributed by atoms with Crippen molar-refractivity contribution in [3.05, 3.63) is 53.3 Å². The van der Waals surface area contributed by atoms with Gasteiger partial charge >= 0.3 is 0 Å². The Morgan fingerprint density at radius 1 is 1.37 bits per heavy atom. The van der Waals surface area contributed by atoms with Gasteiger partial charge in [-0.15, -0.1) is 0 Å². The molecule has 98 valence electrons. The highest BCUT2D eigenvalue weighted by Crippen LogP contribution is 2.08. The minimum Gasteiger partial charge on any atom is -0.281 e. The maximum Gasteiger partial charge on any atom is 0.216 e. The first-order chi connectivity index (χ1) is 9.09.